The average Bonchev–Trinajstić information content (AvgIpc) is 2.88. The Balaban J connectivity index is 1.66. The molecular weight excluding hydrogens is 500 g/mol. The number of urea groups is 1. The number of aliphatic hydroxyl groups is 2. The first kappa shape index (κ1) is 29.9. The maximum atomic E-state index is 12.2. The molecule has 0 aliphatic rings. The quantitative estimate of drug-likeness (QED) is 0.224. The summed E-state index contributed by atoms with van der Waals surface area (Å²) in [7, 11) is 1.55. The summed E-state index contributed by atoms with van der Waals surface area (Å²) in [5, 5.41) is 25.4. The lowest BCUT2D eigenvalue weighted by molar-refractivity contribution is -0.156. The third-order valence-electron chi connectivity index (χ3n) is 5.96. The highest BCUT2D eigenvalue weighted by molar-refractivity contribution is 5.89. The van der Waals surface area contributed by atoms with Gasteiger partial charge in [0, 0.05) is 43.0 Å². The van der Waals surface area contributed by atoms with Crippen molar-refractivity contribution >= 4 is 22.6 Å². The van der Waals surface area contributed by atoms with Crippen LogP contribution in [0.5, 0.6) is 23.0 Å². The van der Waals surface area contributed by atoms with Crippen molar-refractivity contribution in [1.29, 1.82) is 0 Å². The topological polar surface area (TPSA) is 125 Å². The van der Waals surface area contributed by atoms with Gasteiger partial charge in [-0.25, -0.2) is 4.79 Å². The maximum Gasteiger partial charge on any atom is 0.319 e. The van der Waals surface area contributed by atoms with Gasteiger partial charge in [0.25, 0.3) is 0 Å². The van der Waals surface area contributed by atoms with Gasteiger partial charge in [-0.05, 0) is 54.7 Å². The number of fused-ring (bicyclic) bond motifs is 1. The lowest BCUT2D eigenvalue weighted by Gasteiger charge is -2.23. The monoisotopic (exact) mass is 540 g/mol. The number of anilines is 1. The number of aliphatic hydroxyl groups excluding tert-OH is 1. The molecule has 1 aromatic heterocycles. The van der Waals surface area contributed by atoms with Crippen LogP contribution in [0.2, 0.25) is 0 Å². The summed E-state index contributed by atoms with van der Waals surface area (Å²) < 4.78 is 17.6. The van der Waals surface area contributed by atoms with Crippen molar-refractivity contribution in [1.82, 2.24) is 15.2 Å². The number of benzene rings is 2. The highest BCUT2D eigenvalue weighted by atomic mass is 16.5. The van der Waals surface area contributed by atoms with E-state index in [-0.39, 0.29) is 18.1 Å². The number of hydrogen-bond donors (Lipinski definition) is 4. The number of carbonyl (C=O) groups excluding carboxylic acids is 1. The van der Waals surface area contributed by atoms with Crippen LogP contribution in [0.1, 0.15) is 40.5 Å². The molecule has 0 aliphatic heterocycles. The SMILES string of the molecule is CCCN(CCOc1cc2nccc(Oc3ccc(NC(=O)NCCC(C)(C)C)cc3)c2cc1OC)C(O)O. The number of ether oxygens (including phenoxy) is 3. The van der Waals surface area contributed by atoms with E-state index in [2.05, 4.69) is 36.4 Å². The Labute approximate surface area is 229 Å². The molecule has 0 unspecified atom stereocenters. The van der Waals surface area contributed by atoms with E-state index in [4.69, 9.17) is 14.2 Å². The zero-order chi connectivity index (χ0) is 28.4. The van der Waals surface area contributed by atoms with Gasteiger partial charge in [-0.1, -0.05) is 27.7 Å². The summed E-state index contributed by atoms with van der Waals surface area (Å²) in [6.07, 6.45) is 1.79. The van der Waals surface area contributed by atoms with Crippen molar-refractivity contribution in [2.24, 2.45) is 5.41 Å². The molecule has 3 rings (SSSR count). The third-order valence-corrected chi connectivity index (χ3v) is 5.96. The summed E-state index contributed by atoms with van der Waals surface area (Å²) in [6.45, 7) is 10.1. The maximum absolute atomic E-state index is 12.2. The predicted molar refractivity (Wildman–Crippen MR) is 151 cm³/mol. The van der Waals surface area contributed by atoms with Gasteiger partial charge in [0.05, 0.1) is 12.6 Å². The lowest BCUT2D eigenvalue weighted by Crippen LogP contribution is -2.38. The van der Waals surface area contributed by atoms with Crippen LogP contribution in [-0.2, 0) is 0 Å². The predicted octanol–water partition coefficient (Wildman–Crippen LogP) is 4.95. The van der Waals surface area contributed by atoms with Gasteiger partial charge in [0.15, 0.2) is 11.5 Å². The van der Waals surface area contributed by atoms with Gasteiger partial charge in [-0.2, -0.15) is 0 Å². The summed E-state index contributed by atoms with van der Waals surface area (Å²) in [4.78, 5) is 18.1. The number of methoxy groups -OCH3 is 1. The molecule has 39 heavy (non-hydrogen) atoms. The molecule has 212 valence electrons. The van der Waals surface area contributed by atoms with Gasteiger partial charge in [-0.3, -0.25) is 9.88 Å². The fraction of sp³-hybridized carbons (Fsp3) is 0.448. The largest absolute Gasteiger partial charge is 0.493 e. The normalized spacial score (nSPS) is 11.6. The second-order valence-corrected chi connectivity index (χ2v) is 10.4. The molecule has 0 atom stereocenters. The number of aromatic nitrogens is 1. The lowest BCUT2D eigenvalue weighted by atomic mass is 9.92. The molecule has 0 fully saturated rings. The van der Waals surface area contributed by atoms with Gasteiger partial charge in [0.2, 0.25) is 6.41 Å². The van der Waals surface area contributed by atoms with E-state index in [0.29, 0.717) is 53.8 Å². The van der Waals surface area contributed by atoms with Gasteiger partial charge in [0.1, 0.15) is 18.1 Å². The van der Waals surface area contributed by atoms with Crippen LogP contribution in [0, 0.1) is 5.41 Å². The zero-order valence-electron chi connectivity index (χ0n) is 23.4. The molecule has 2 amide bonds. The second-order valence-electron chi connectivity index (χ2n) is 10.4. The van der Waals surface area contributed by atoms with E-state index in [9.17, 15) is 15.0 Å². The zero-order valence-corrected chi connectivity index (χ0v) is 23.4. The average molecular weight is 541 g/mol. The van der Waals surface area contributed by atoms with E-state index in [0.717, 1.165) is 18.2 Å². The van der Waals surface area contributed by atoms with Crippen LogP contribution < -0.4 is 24.8 Å². The molecule has 0 saturated carbocycles. The van der Waals surface area contributed by atoms with E-state index < -0.39 is 6.41 Å². The molecule has 10 nitrogen and oxygen atoms in total. The van der Waals surface area contributed by atoms with Crippen molar-refractivity contribution in [2.75, 3.05) is 38.7 Å². The first-order chi connectivity index (χ1) is 18.6. The Morgan fingerprint density at radius 2 is 1.79 bits per heavy atom. The molecule has 1 heterocycles. The fourth-order valence-electron chi connectivity index (χ4n) is 3.85. The second kappa shape index (κ2) is 14.0. The number of pyridine rings is 1. The number of nitrogens with one attached hydrogen (secondary N) is 2. The van der Waals surface area contributed by atoms with Crippen LogP contribution in [-0.4, -0.2) is 65.9 Å². The molecule has 0 aliphatic carbocycles. The fourth-order valence-corrected chi connectivity index (χ4v) is 3.85. The molecule has 0 spiro atoms. The minimum atomic E-state index is -1.53. The van der Waals surface area contributed by atoms with Crippen molar-refractivity contribution in [3.05, 3.63) is 48.7 Å². The third kappa shape index (κ3) is 9.27. The number of amides is 2. The van der Waals surface area contributed by atoms with Gasteiger partial charge < -0.3 is 35.1 Å². The molecule has 3 aromatic rings. The van der Waals surface area contributed by atoms with Crippen molar-refractivity contribution in [3.8, 4) is 23.0 Å². The van der Waals surface area contributed by atoms with Gasteiger partial charge in [-0.15, -0.1) is 0 Å². The highest BCUT2D eigenvalue weighted by Gasteiger charge is 2.15. The Hall–Kier alpha value is -3.60. The summed E-state index contributed by atoms with van der Waals surface area (Å²) in [5.74, 6) is 2.18. The number of carbonyl (C=O) groups is 1. The molecular formula is C29H40N4O6. The molecule has 0 radical (unpaired) electrons. The molecule has 0 saturated heterocycles. The summed E-state index contributed by atoms with van der Waals surface area (Å²) >= 11 is 0. The minimum absolute atomic E-state index is 0.156. The molecule has 2 aromatic carbocycles. The number of nitrogens with zero attached hydrogens (tertiary/aromatic N) is 2. The van der Waals surface area contributed by atoms with Crippen molar-refractivity contribution in [3.63, 3.8) is 0 Å². The van der Waals surface area contributed by atoms with E-state index in [1.165, 1.54) is 4.90 Å². The first-order valence-corrected chi connectivity index (χ1v) is 13.1. The van der Waals surface area contributed by atoms with Crippen LogP contribution in [0.25, 0.3) is 10.9 Å². The first-order valence-electron chi connectivity index (χ1n) is 13.1. The van der Waals surface area contributed by atoms with E-state index >= 15 is 0 Å². The molecule has 0 bridgehead atoms. The van der Waals surface area contributed by atoms with E-state index in [1.807, 2.05) is 6.92 Å². The summed E-state index contributed by atoms with van der Waals surface area (Å²) in [6, 6.07) is 12.2. The van der Waals surface area contributed by atoms with Crippen molar-refractivity contribution in [2.45, 2.75) is 47.0 Å². The highest BCUT2D eigenvalue weighted by Crippen LogP contribution is 2.37. The summed E-state index contributed by atoms with van der Waals surface area (Å²) in [5.41, 5.74) is 1.47. The van der Waals surface area contributed by atoms with Gasteiger partial charge >= 0.3 is 6.03 Å². The van der Waals surface area contributed by atoms with Crippen LogP contribution in [0.15, 0.2) is 48.7 Å². The van der Waals surface area contributed by atoms with Crippen molar-refractivity contribution < 1.29 is 29.2 Å². The number of rotatable bonds is 13. The standard InChI is InChI=1S/C29H40N4O6/c1-6-15-33(28(35)36)16-17-38-26-19-23-22(18-25(26)37-5)24(11-13-30-23)39-21-9-7-20(8-10-21)32-27(34)31-14-12-29(2,3)4/h7-11,13,18-19,28,35-36H,6,12,14-17H2,1-5H3,(H2,31,32,34). The van der Waals surface area contributed by atoms with Crippen LogP contribution in [0.3, 0.4) is 0 Å². The Kier molecular flexibility index (Phi) is 10.7. The van der Waals surface area contributed by atoms with E-state index in [1.54, 1.807) is 55.8 Å². The Morgan fingerprint density at radius 1 is 1.05 bits per heavy atom. The Morgan fingerprint density at radius 3 is 2.44 bits per heavy atom. The Bertz CT molecular complexity index is 1210. The minimum Gasteiger partial charge on any atom is -0.493 e. The smallest absolute Gasteiger partial charge is 0.319 e. The van der Waals surface area contributed by atoms with Crippen LogP contribution >= 0.6 is 0 Å². The van der Waals surface area contributed by atoms with Crippen LogP contribution in [0.4, 0.5) is 10.5 Å². The molecule has 10 heteroatoms. The molecule has 4 N–H and O–H groups in total. The number of hydrogen-bond acceptors (Lipinski definition) is 8.